The highest BCUT2D eigenvalue weighted by Gasteiger charge is 2.27. The van der Waals surface area contributed by atoms with Crippen LogP contribution in [0.4, 0.5) is 16.4 Å². The van der Waals surface area contributed by atoms with Crippen molar-refractivity contribution in [3.63, 3.8) is 0 Å². The molecule has 1 aliphatic carbocycles. The Kier molecular flexibility index (Phi) is 7.51. The van der Waals surface area contributed by atoms with Crippen LogP contribution in [0.5, 0.6) is 0 Å². The Morgan fingerprint density at radius 2 is 1.84 bits per heavy atom. The van der Waals surface area contributed by atoms with E-state index in [4.69, 9.17) is 9.72 Å². The number of fused-ring (bicyclic) bond motifs is 1. The van der Waals surface area contributed by atoms with Crippen LogP contribution in [0, 0.1) is 0 Å². The summed E-state index contributed by atoms with van der Waals surface area (Å²) in [6.45, 7) is 8.21. The van der Waals surface area contributed by atoms with E-state index in [-0.39, 0.29) is 6.09 Å². The van der Waals surface area contributed by atoms with Gasteiger partial charge in [0.05, 0.1) is 5.69 Å². The van der Waals surface area contributed by atoms with Crippen molar-refractivity contribution in [3.8, 4) is 11.3 Å². The summed E-state index contributed by atoms with van der Waals surface area (Å²) in [5.41, 5.74) is 1.36. The SMILES string of the molecule is CC(C)(C)OC(=O)N1CCN(c2nc(-c3cc(NC4CCCCC4)ncc3Br)cc3cnccc23)CC1. The van der Waals surface area contributed by atoms with Gasteiger partial charge in [-0.1, -0.05) is 19.3 Å². The third-order valence-corrected chi connectivity index (χ3v) is 7.56. The number of anilines is 2. The average molecular weight is 568 g/mol. The van der Waals surface area contributed by atoms with E-state index in [2.05, 4.69) is 48.2 Å². The number of hydrogen-bond donors (Lipinski definition) is 1. The number of rotatable bonds is 4. The molecule has 8 nitrogen and oxygen atoms in total. The minimum absolute atomic E-state index is 0.262. The number of nitrogens with one attached hydrogen (secondary N) is 1. The Bertz CT molecular complexity index is 1260. The zero-order chi connectivity index (χ0) is 26.0. The maximum absolute atomic E-state index is 12.6. The second-order valence-electron chi connectivity index (χ2n) is 10.9. The molecule has 0 spiro atoms. The van der Waals surface area contributed by atoms with Gasteiger partial charge in [0.2, 0.25) is 0 Å². The molecule has 196 valence electrons. The van der Waals surface area contributed by atoms with Crippen LogP contribution < -0.4 is 10.2 Å². The zero-order valence-corrected chi connectivity index (χ0v) is 23.4. The molecule has 1 N–H and O–H groups in total. The summed E-state index contributed by atoms with van der Waals surface area (Å²) in [5, 5.41) is 5.71. The molecular weight excluding hydrogens is 532 g/mol. The third kappa shape index (κ3) is 6.14. The number of piperazine rings is 1. The zero-order valence-electron chi connectivity index (χ0n) is 21.8. The molecule has 3 aromatic rings. The molecule has 5 rings (SSSR count). The highest BCUT2D eigenvalue weighted by atomic mass is 79.9. The summed E-state index contributed by atoms with van der Waals surface area (Å²) < 4.78 is 6.47. The number of carbonyl (C=O) groups is 1. The second kappa shape index (κ2) is 10.8. The highest BCUT2D eigenvalue weighted by Crippen LogP contribution is 2.35. The minimum Gasteiger partial charge on any atom is -0.444 e. The Morgan fingerprint density at radius 1 is 1.08 bits per heavy atom. The van der Waals surface area contributed by atoms with Gasteiger partial charge in [0.25, 0.3) is 0 Å². The fourth-order valence-corrected chi connectivity index (χ4v) is 5.48. The lowest BCUT2D eigenvalue weighted by molar-refractivity contribution is 0.0240. The van der Waals surface area contributed by atoms with Gasteiger partial charge in [-0.15, -0.1) is 0 Å². The number of aromatic nitrogens is 3. The molecule has 0 radical (unpaired) electrons. The van der Waals surface area contributed by atoms with Crippen molar-refractivity contribution >= 4 is 44.4 Å². The fraction of sp³-hybridized carbons (Fsp3) is 0.500. The lowest BCUT2D eigenvalue weighted by atomic mass is 9.95. The van der Waals surface area contributed by atoms with Gasteiger partial charge >= 0.3 is 6.09 Å². The van der Waals surface area contributed by atoms with E-state index in [9.17, 15) is 4.79 Å². The van der Waals surface area contributed by atoms with Crippen molar-refractivity contribution in [1.29, 1.82) is 0 Å². The summed E-state index contributed by atoms with van der Waals surface area (Å²) in [6, 6.07) is 6.67. The van der Waals surface area contributed by atoms with Gasteiger partial charge in [0.15, 0.2) is 0 Å². The van der Waals surface area contributed by atoms with Crippen molar-refractivity contribution in [2.45, 2.75) is 64.5 Å². The van der Waals surface area contributed by atoms with E-state index in [0.717, 1.165) is 38.1 Å². The number of amides is 1. The van der Waals surface area contributed by atoms with Gasteiger partial charge in [-0.3, -0.25) is 4.98 Å². The lowest BCUT2D eigenvalue weighted by Gasteiger charge is -2.36. The molecule has 3 aromatic heterocycles. The van der Waals surface area contributed by atoms with Crippen LogP contribution in [0.2, 0.25) is 0 Å². The monoisotopic (exact) mass is 566 g/mol. The predicted octanol–water partition coefficient (Wildman–Crippen LogP) is 6.26. The van der Waals surface area contributed by atoms with Crippen LogP contribution >= 0.6 is 15.9 Å². The second-order valence-corrected chi connectivity index (χ2v) is 11.8. The lowest BCUT2D eigenvalue weighted by Crippen LogP contribution is -2.50. The first-order chi connectivity index (χ1) is 17.8. The Morgan fingerprint density at radius 3 is 2.57 bits per heavy atom. The summed E-state index contributed by atoms with van der Waals surface area (Å²) in [7, 11) is 0. The maximum Gasteiger partial charge on any atom is 0.410 e. The quantitative estimate of drug-likeness (QED) is 0.399. The van der Waals surface area contributed by atoms with E-state index in [0.29, 0.717) is 32.2 Å². The van der Waals surface area contributed by atoms with Crippen molar-refractivity contribution in [2.75, 3.05) is 36.4 Å². The average Bonchev–Trinajstić information content (AvgIpc) is 2.89. The first kappa shape index (κ1) is 25.7. The Balaban J connectivity index is 1.42. The number of halogens is 1. The van der Waals surface area contributed by atoms with Crippen molar-refractivity contribution in [1.82, 2.24) is 19.9 Å². The molecule has 37 heavy (non-hydrogen) atoms. The topological polar surface area (TPSA) is 83.5 Å². The van der Waals surface area contributed by atoms with E-state index in [1.54, 1.807) is 11.1 Å². The normalized spacial score (nSPS) is 17.2. The highest BCUT2D eigenvalue weighted by molar-refractivity contribution is 9.10. The van der Waals surface area contributed by atoms with Gasteiger partial charge in [-0.25, -0.2) is 14.8 Å². The largest absolute Gasteiger partial charge is 0.444 e. The summed E-state index contributed by atoms with van der Waals surface area (Å²) in [4.78, 5) is 30.7. The standard InChI is InChI=1S/C28H35BrN6O2/c1-28(2,3)37-27(36)35-13-11-34(12-14-35)26-21-9-10-30-17-19(21)15-24(33-26)22-16-25(31-18-23(22)29)32-20-7-5-4-6-8-20/h9-10,15-18,20H,4-8,11-14H2,1-3H3,(H,31,32). The predicted molar refractivity (Wildman–Crippen MR) is 151 cm³/mol. The molecule has 0 atom stereocenters. The molecular formula is C28H35BrN6O2. The molecule has 0 bridgehead atoms. The van der Waals surface area contributed by atoms with Crippen LogP contribution in [0.25, 0.3) is 22.0 Å². The van der Waals surface area contributed by atoms with Crippen LogP contribution in [0.15, 0.2) is 41.3 Å². The van der Waals surface area contributed by atoms with E-state index in [1.165, 1.54) is 32.1 Å². The smallest absolute Gasteiger partial charge is 0.410 e. The molecule has 0 aromatic carbocycles. The Labute approximate surface area is 227 Å². The summed E-state index contributed by atoms with van der Waals surface area (Å²) in [5.74, 6) is 1.79. The number of hydrogen-bond acceptors (Lipinski definition) is 7. The van der Waals surface area contributed by atoms with E-state index in [1.807, 2.05) is 39.2 Å². The fourth-order valence-electron chi connectivity index (χ4n) is 5.06. The van der Waals surface area contributed by atoms with Gasteiger partial charge in [0.1, 0.15) is 17.2 Å². The van der Waals surface area contributed by atoms with Gasteiger partial charge in [0, 0.05) is 71.6 Å². The van der Waals surface area contributed by atoms with Crippen LogP contribution in [0.1, 0.15) is 52.9 Å². The van der Waals surface area contributed by atoms with Gasteiger partial charge in [-0.2, -0.15) is 0 Å². The molecule has 2 aliphatic rings. The van der Waals surface area contributed by atoms with Crippen molar-refractivity contribution in [3.05, 3.63) is 41.3 Å². The molecule has 1 saturated carbocycles. The number of nitrogens with zero attached hydrogens (tertiary/aromatic N) is 5. The third-order valence-electron chi connectivity index (χ3n) is 6.93. The van der Waals surface area contributed by atoms with Crippen LogP contribution in [0.3, 0.4) is 0 Å². The van der Waals surface area contributed by atoms with Gasteiger partial charge in [-0.05, 0) is 67.7 Å². The first-order valence-electron chi connectivity index (χ1n) is 13.2. The van der Waals surface area contributed by atoms with Crippen LogP contribution in [-0.2, 0) is 4.74 Å². The summed E-state index contributed by atoms with van der Waals surface area (Å²) >= 11 is 3.71. The number of ether oxygens (including phenoxy) is 1. The minimum atomic E-state index is -0.504. The molecule has 0 unspecified atom stereocenters. The molecule has 2 fully saturated rings. The summed E-state index contributed by atoms with van der Waals surface area (Å²) in [6.07, 6.45) is 11.5. The van der Waals surface area contributed by atoms with E-state index >= 15 is 0 Å². The Hall–Kier alpha value is -2.94. The van der Waals surface area contributed by atoms with Crippen molar-refractivity contribution < 1.29 is 9.53 Å². The van der Waals surface area contributed by atoms with E-state index < -0.39 is 5.60 Å². The molecule has 9 heteroatoms. The first-order valence-corrected chi connectivity index (χ1v) is 14.0. The van der Waals surface area contributed by atoms with Gasteiger partial charge < -0.3 is 19.9 Å². The number of carbonyl (C=O) groups excluding carboxylic acids is 1. The molecule has 1 aliphatic heterocycles. The molecule has 4 heterocycles. The maximum atomic E-state index is 12.6. The van der Waals surface area contributed by atoms with Crippen LogP contribution in [-0.4, -0.2) is 63.8 Å². The molecule has 1 saturated heterocycles. The number of pyridine rings is 3. The molecule has 1 amide bonds. The van der Waals surface area contributed by atoms with Crippen molar-refractivity contribution in [2.24, 2.45) is 0 Å².